The van der Waals surface area contributed by atoms with Crippen LogP contribution in [0.4, 0.5) is 0 Å². The minimum absolute atomic E-state index is 0.372. The van der Waals surface area contributed by atoms with Crippen LogP contribution in [0.25, 0.3) is 0 Å². The molecule has 1 atom stereocenters. The summed E-state index contributed by atoms with van der Waals surface area (Å²) in [7, 11) is 0. The van der Waals surface area contributed by atoms with Crippen molar-refractivity contribution in [1.82, 2.24) is 0 Å². The minimum Gasteiger partial charge on any atom is -0.479 e. The van der Waals surface area contributed by atoms with E-state index in [4.69, 9.17) is 15.3 Å². The van der Waals surface area contributed by atoms with E-state index in [0.717, 1.165) is 6.42 Å². The molecule has 0 aliphatic carbocycles. The van der Waals surface area contributed by atoms with E-state index in [2.05, 4.69) is 11.7 Å². The Morgan fingerprint density at radius 2 is 1.35 bits per heavy atom. The molecule has 6 nitrogen and oxygen atoms in total. The average molecular weight is 334 g/mol. The van der Waals surface area contributed by atoms with Crippen molar-refractivity contribution < 1.29 is 29.6 Å². The van der Waals surface area contributed by atoms with Crippen LogP contribution < -0.4 is 0 Å². The first-order valence-electron chi connectivity index (χ1n) is 8.63. The van der Waals surface area contributed by atoms with Crippen LogP contribution >= 0.6 is 0 Å². The molecule has 0 rings (SSSR count). The number of carbonyl (C=O) groups excluding carboxylic acids is 1. The molecule has 0 amide bonds. The first-order valence-corrected chi connectivity index (χ1v) is 8.63. The van der Waals surface area contributed by atoms with E-state index in [1.807, 2.05) is 0 Å². The molecule has 138 valence electrons. The predicted octanol–water partition coefficient (Wildman–Crippen LogP) is 2.89. The summed E-state index contributed by atoms with van der Waals surface area (Å²) < 4.78 is 4.08. The summed E-state index contributed by atoms with van der Waals surface area (Å²) >= 11 is 0. The summed E-state index contributed by atoms with van der Waals surface area (Å²) in [6.45, 7) is 3.12. The zero-order chi connectivity index (χ0) is 17.9. The Kier molecular flexibility index (Phi) is 19.8. The molecular weight excluding hydrogens is 300 g/mol. The number of rotatable bonds is 13. The first kappa shape index (κ1) is 24.1. The number of carboxylic acid groups (broad SMARTS) is 1. The number of aliphatic hydroxyl groups is 2. The Morgan fingerprint density at radius 1 is 0.913 bits per heavy atom. The number of hydrogen-bond acceptors (Lipinski definition) is 5. The van der Waals surface area contributed by atoms with Gasteiger partial charge in [0.2, 0.25) is 0 Å². The van der Waals surface area contributed by atoms with E-state index in [-0.39, 0.29) is 0 Å². The maximum atomic E-state index is 10.3. The maximum Gasteiger partial charge on any atom is 0.341 e. The van der Waals surface area contributed by atoms with E-state index in [1.165, 1.54) is 64.7 Å². The fraction of sp³-hybridized carbons (Fsp3) is 0.882. The second-order valence-electron chi connectivity index (χ2n) is 5.58. The van der Waals surface area contributed by atoms with E-state index in [1.54, 1.807) is 0 Å². The smallest absolute Gasteiger partial charge is 0.341 e. The molecule has 0 saturated heterocycles. The molecule has 0 heterocycles. The number of unbranched alkanes of at least 4 members (excludes halogenated alkanes) is 9. The third kappa shape index (κ3) is 23.3. The molecule has 0 aromatic heterocycles. The first-order chi connectivity index (χ1) is 11.0. The fourth-order valence-corrected chi connectivity index (χ4v) is 1.85. The zero-order valence-corrected chi connectivity index (χ0v) is 14.6. The molecular formula is C17H34O6. The Morgan fingerprint density at radius 3 is 1.70 bits per heavy atom. The highest BCUT2D eigenvalue weighted by molar-refractivity contribution is 5.77. The van der Waals surface area contributed by atoms with Gasteiger partial charge in [0, 0.05) is 6.61 Å². The monoisotopic (exact) mass is 334 g/mol. The molecule has 6 heteroatoms. The van der Waals surface area contributed by atoms with Gasteiger partial charge in [-0.05, 0) is 13.3 Å². The molecule has 23 heavy (non-hydrogen) atoms. The lowest BCUT2D eigenvalue weighted by Gasteiger charge is -2.01. The molecule has 0 spiro atoms. The van der Waals surface area contributed by atoms with Crippen LogP contribution in [0.3, 0.4) is 0 Å². The summed E-state index contributed by atoms with van der Waals surface area (Å²) in [5.74, 6) is -2.17. The van der Waals surface area contributed by atoms with Gasteiger partial charge in [-0.3, -0.25) is 0 Å². The number of aliphatic hydroxyl groups excluding tert-OH is 2. The Labute approximate surface area is 139 Å². The van der Waals surface area contributed by atoms with Crippen LogP contribution in [0.15, 0.2) is 0 Å². The van der Waals surface area contributed by atoms with Gasteiger partial charge in [0.05, 0.1) is 0 Å². The number of esters is 1. The Balaban J connectivity index is 0. The van der Waals surface area contributed by atoms with Crippen molar-refractivity contribution in [2.24, 2.45) is 0 Å². The van der Waals surface area contributed by atoms with Crippen molar-refractivity contribution in [1.29, 1.82) is 0 Å². The van der Waals surface area contributed by atoms with Crippen molar-refractivity contribution in [2.75, 3.05) is 13.2 Å². The van der Waals surface area contributed by atoms with Crippen LogP contribution in [0.5, 0.6) is 0 Å². The van der Waals surface area contributed by atoms with Gasteiger partial charge in [-0.15, -0.1) is 0 Å². The standard InChI is InChI=1S/C12H26O.C5H8O5/c1-2-3-4-5-6-7-8-9-10-11-12-13;1-3(6)5(9)10-2-4(7)8/h13H,2-12H2,1H3;3,6H,2H2,1H3,(H,7,8). The summed E-state index contributed by atoms with van der Waals surface area (Å²) in [6.07, 6.45) is 12.0. The third-order valence-electron chi connectivity index (χ3n) is 3.19. The topological polar surface area (TPSA) is 104 Å². The minimum atomic E-state index is -1.26. The van der Waals surface area contributed by atoms with Crippen molar-refractivity contribution in [3.63, 3.8) is 0 Å². The Bertz CT molecular complexity index is 268. The molecule has 0 bridgehead atoms. The average Bonchev–Trinajstić information content (AvgIpc) is 2.51. The van der Waals surface area contributed by atoms with Gasteiger partial charge >= 0.3 is 11.9 Å². The summed E-state index contributed by atoms with van der Waals surface area (Å²) in [6, 6.07) is 0. The van der Waals surface area contributed by atoms with Gasteiger partial charge in [0.15, 0.2) is 6.61 Å². The van der Waals surface area contributed by atoms with Crippen molar-refractivity contribution in [2.45, 2.75) is 84.2 Å². The molecule has 0 aromatic rings. The van der Waals surface area contributed by atoms with E-state index < -0.39 is 24.6 Å². The molecule has 0 aliphatic rings. The zero-order valence-electron chi connectivity index (χ0n) is 14.6. The van der Waals surface area contributed by atoms with Crippen molar-refractivity contribution >= 4 is 11.9 Å². The largest absolute Gasteiger partial charge is 0.479 e. The summed E-state index contributed by atoms with van der Waals surface area (Å²) in [5, 5.41) is 25.0. The second kappa shape index (κ2) is 18.9. The van der Waals surface area contributed by atoms with Gasteiger partial charge in [-0.25, -0.2) is 9.59 Å². The highest BCUT2D eigenvalue weighted by Gasteiger charge is 2.11. The number of hydrogen-bond donors (Lipinski definition) is 3. The molecule has 1 unspecified atom stereocenters. The van der Waals surface area contributed by atoms with E-state index in [0.29, 0.717) is 6.61 Å². The van der Waals surface area contributed by atoms with Gasteiger partial charge in [-0.2, -0.15) is 0 Å². The molecule has 0 aromatic carbocycles. The highest BCUT2D eigenvalue weighted by Crippen LogP contribution is 2.09. The normalized spacial score (nSPS) is 11.3. The SMILES string of the molecule is CC(O)C(=O)OCC(=O)O.CCCCCCCCCCCCO. The number of ether oxygens (including phenoxy) is 1. The van der Waals surface area contributed by atoms with Gasteiger partial charge in [0.1, 0.15) is 6.10 Å². The van der Waals surface area contributed by atoms with Crippen LogP contribution in [0.2, 0.25) is 0 Å². The van der Waals surface area contributed by atoms with Gasteiger partial charge in [-0.1, -0.05) is 64.7 Å². The third-order valence-corrected chi connectivity index (χ3v) is 3.19. The second-order valence-corrected chi connectivity index (χ2v) is 5.58. The van der Waals surface area contributed by atoms with Crippen LogP contribution in [0, 0.1) is 0 Å². The molecule has 0 radical (unpaired) electrons. The molecule has 0 fully saturated rings. The Hall–Kier alpha value is -1.14. The molecule has 3 N–H and O–H groups in total. The number of carbonyl (C=O) groups is 2. The maximum absolute atomic E-state index is 10.3. The quantitative estimate of drug-likeness (QED) is 0.353. The fourth-order valence-electron chi connectivity index (χ4n) is 1.85. The van der Waals surface area contributed by atoms with Crippen LogP contribution in [-0.2, 0) is 14.3 Å². The predicted molar refractivity (Wildman–Crippen MR) is 89.2 cm³/mol. The lowest BCUT2D eigenvalue weighted by molar-refractivity contribution is -0.160. The number of aliphatic carboxylic acids is 1. The van der Waals surface area contributed by atoms with Crippen LogP contribution in [0.1, 0.15) is 78.1 Å². The van der Waals surface area contributed by atoms with Gasteiger partial charge < -0.3 is 20.1 Å². The highest BCUT2D eigenvalue weighted by atomic mass is 16.6. The molecule has 0 aliphatic heterocycles. The van der Waals surface area contributed by atoms with E-state index >= 15 is 0 Å². The summed E-state index contributed by atoms with van der Waals surface area (Å²) in [4.78, 5) is 20.1. The summed E-state index contributed by atoms with van der Waals surface area (Å²) in [5.41, 5.74) is 0. The van der Waals surface area contributed by atoms with Crippen molar-refractivity contribution in [3.05, 3.63) is 0 Å². The van der Waals surface area contributed by atoms with E-state index in [9.17, 15) is 9.59 Å². The van der Waals surface area contributed by atoms with Gasteiger partial charge in [0.25, 0.3) is 0 Å². The van der Waals surface area contributed by atoms with Crippen LogP contribution in [-0.4, -0.2) is 46.6 Å². The lowest BCUT2D eigenvalue weighted by Crippen LogP contribution is -2.22. The number of carboxylic acids is 1. The molecule has 0 saturated carbocycles. The van der Waals surface area contributed by atoms with Crippen molar-refractivity contribution in [3.8, 4) is 0 Å². The lowest BCUT2D eigenvalue weighted by atomic mass is 10.1.